The van der Waals surface area contributed by atoms with Crippen molar-refractivity contribution >= 4 is 34.8 Å². The lowest BCUT2D eigenvalue weighted by molar-refractivity contribution is -0.146. The molecule has 194 valence electrons. The van der Waals surface area contributed by atoms with Gasteiger partial charge in [-0.2, -0.15) is 0 Å². The second-order valence-corrected chi connectivity index (χ2v) is 10.6. The third-order valence-electron chi connectivity index (χ3n) is 5.71. The maximum absolute atomic E-state index is 13.5. The first-order valence-corrected chi connectivity index (χ1v) is 12.9. The van der Waals surface area contributed by atoms with Crippen molar-refractivity contribution in [2.75, 3.05) is 53.5 Å². The SMILES string of the molecule is COCCN(CC(=O)N(CCc1ccc(OC)c(OC)c1)Cc1ccc(C)s1)C(=O)C(C)(C)CCl. The number of carbonyl (C=O) groups is 2. The largest absolute Gasteiger partial charge is 0.493 e. The van der Waals surface area contributed by atoms with Crippen molar-refractivity contribution < 1.29 is 23.8 Å². The normalized spacial score (nSPS) is 11.3. The Morgan fingerprint density at radius 3 is 2.29 bits per heavy atom. The minimum absolute atomic E-state index is 0.0290. The van der Waals surface area contributed by atoms with Gasteiger partial charge in [-0.1, -0.05) is 6.07 Å². The second-order valence-electron chi connectivity index (χ2n) is 9.00. The highest BCUT2D eigenvalue weighted by Crippen LogP contribution is 2.28. The third kappa shape index (κ3) is 8.40. The van der Waals surface area contributed by atoms with E-state index < -0.39 is 5.41 Å². The van der Waals surface area contributed by atoms with Crippen molar-refractivity contribution in [3.63, 3.8) is 0 Å². The molecule has 0 unspecified atom stereocenters. The number of carbonyl (C=O) groups excluding carboxylic acids is 2. The van der Waals surface area contributed by atoms with Gasteiger partial charge >= 0.3 is 0 Å². The molecule has 1 heterocycles. The minimum Gasteiger partial charge on any atom is -0.493 e. The lowest BCUT2D eigenvalue weighted by Crippen LogP contribution is -2.49. The van der Waals surface area contributed by atoms with Gasteiger partial charge in [-0.25, -0.2) is 0 Å². The fourth-order valence-electron chi connectivity index (χ4n) is 3.55. The predicted molar refractivity (Wildman–Crippen MR) is 141 cm³/mol. The Labute approximate surface area is 217 Å². The van der Waals surface area contributed by atoms with Crippen molar-refractivity contribution in [2.24, 2.45) is 5.41 Å². The number of nitrogens with zero attached hydrogens (tertiary/aromatic N) is 2. The molecule has 7 nitrogen and oxygen atoms in total. The highest BCUT2D eigenvalue weighted by Gasteiger charge is 2.33. The summed E-state index contributed by atoms with van der Waals surface area (Å²) in [5.74, 6) is 1.20. The van der Waals surface area contributed by atoms with Crippen molar-refractivity contribution in [1.29, 1.82) is 0 Å². The van der Waals surface area contributed by atoms with Crippen LogP contribution in [0.5, 0.6) is 11.5 Å². The smallest absolute Gasteiger partial charge is 0.242 e. The van der Waals surface area contributed by atoms with E-state index in [0.29, 0.717) is 44.2 Å². The number of ether oxygens (including phenoxy) is 3. The van der Waals surface area contributed by atoms with Gasteiger partial charge in [-0.3, -0.25) is 9.59 Å². The Morgan fingerprint density at radius 1 is 1.00 bits per heavy atom. The molecule has 35 heavy (non-hydrogen) atoms. The van der Waals surface area contributed by atoms with Crippen molar-refractivity contribution in [3.8, 4) is 11.5 Å². The number of alkyl halides is 1. The van der Waals surface area contributed by atoms with Crippen LogP contribution in [-0.2, 0) is 27.3 Å². The molecule has 0 aliphatic carbocycles. The molecule has 0 aliphatic heterocycles. The van der Waals surface area contributed by atoms with Crippen LogP contribution < -0.4 is 9.47 Å². The lowest BCUT2D eigenvalue weighted by atomic mass is 9.94. The van der Waals surface area contributed by atoms with Gasteiger partial charge in [0.1, 0.15) is 0 Å². The Balaban J connectivity index is 2.22. The average Bonchev–Trinajstić information content (AvgIpc) is 3.27. The number of rotatable bonds is 14. The molecule has 1 aromatic heterocycles. The summed E-state index contributed by atoms with van der Waals surface area (Å²) in [7, 11) is 4.78. The van der Waals surface area contributed by atoms with Crippen LogP contribution in [0, 0.1) is 12.3 Å². The molecule has 2 amide bonds. The summed E-state index contributed by atoms with van der Waals surface area (Å²) in [6.07, 6.45) is 0.635. The number of amides is 2. The Bertz CT molecular complexity index is 978. The summed E-state index contributed by atoms with van der Waals surface area (Å²) in [4.78, 5) is 32.3. The highest BCUT2D eigenvalue weighted by atomic mass is 35.5. The number of halogens is 1. The Hall–Kier alpha value is -2.29. The van der Waals surface area contributed by atoms with E-state index in [9.17, 15) is 9.59 Å². The number of thiophene rings is 1. The molecule has 0 aliphatic rings. The van der Waals surface area contributed by atoms with E-state index in [4.69, 9.17) is 25.8 Å². The van der Waals surface area contributed by atoms with Crippen LogP contribution in [0.4, 0.5) is 0 Å². The number of methoxy groups -OCH3 is 3. The zero-order valence-electron chi connectivity index (χ0n) is 21.6. The quantitative estimate of drug-likeness (QED) is 0.343. The predicted octanol–water partition coefficient (Wildman–Crippen LogP) is 4.39. The lowest BCUT2D eigenvalue weighted by Gasteiger charge is -2.32. The highest BCUT2D eigenvalue weighted by molar-refractivity contribution is 7.11. The summed E-state index contributed by atoms with van der Waals surface area (Å²) in [5, 5.41) is 0. The average molecular weight is 525 g/mol. The van der Waals surface area contributed by atoms with Gasteiger partial charge in [0.05, 0.1) is 39.3 Å². The van der Waals surface area contributed by atoms with Gasteiger partial charge in [0.2, 0.25) is 11.8 Å². The topological polar surface area (TPSA) is 68.3 Å². The van der Waals surface area contributed by atoms with Crippen molar-refractivity contribution in [3.05, 3.63) is 45.6 Å². The van der Waals surface area contributed by atoms with E-state index >= 15 is 0 Å². The first-order valence-electron chi connectivity index (χ1n) is 11.5. The van der Waals surface area contributed by atoms with Crippen molar-refractivity contribution in [1.82, 2.24) is 9.80 Å². The Kier molecular flexibility index (Phi) is 11.3. The number of benzene rings is 1. The first kappa shape index (κ1) is 28.9. The van der Waals surface area contributed by atoms with E-state index in [1.54, 1.807) is 51.4 Å². The molecular weight excluding hydrogens is 488 g/mol. The van der Waals surface area contributed by atoms with Gasteiger partial charge < -0.3 is 24.0 Å². The first-order chi connectivity index (χ1) is 16.6. The van der Waals surface area contributed by atoms with E-state index in [1.165, 1.54) is 4.88 Å². The molecule has 2 aromatic rings. The van der Waals surface area contributed by atoms with Crippen LogP contribution in [0.15, 0.2) is 30.3 Å². The molecule has 2 rings (SSSR count). The van der Waals surface area contributed by atoms with E-state index in [1.807, 2.05) is 36.1 Å². The van der Waals surface area contributed by atoms with Gasteiger partial charge in [-0.15, -0.1) is 22.9 Å². The Morgan fingerprint density at radius 2 is 1.71 bits per heavy atom. The molecule has 0 atom stereocenters. The molecule has 1 aromatic carbocycles. The zero-order chi connectivity index (χ0) is 26.0. The van der Waals surface area contributed by atoms with Crippen molar-refractivity contribution in [2.45, 2.75) is 33.7 Å². The van der Waals surface area contributed by atoms with Crippen LogP contribution in [0.1, 0.15) is 29.2 Å². The van der Waals surface area contributed by atoms with Crippen LogP contribution >= 0.6 is 22.9 Å². The fourth-order valence-corrected chi connectivity index (χ4v) is 4.57. The van der Waals surface area contributed by atoms with E-state index in [2.05, 4.69) is 6.07 Å². The molecule has 0 N–H and O–H groups in total. The van der Waals surface area contributed by atoms with E-state index in [-0.39, 0.29) is 24.2 Å². The third-order valence-corrected chi connectivity index (χ3v) is 7.36. The van der Waals surface area contributed by atoms with Crippen LogP contribution in [0.2, 0.25) is 0 Å². The monoisotopic (exact) mass is 524 g/mol. The number of hydrogen-bond donors (Lipinski definition) is 0. The van der Waals surface area contributed by atoms with Crippen LogP contribution in [-0.4, -0.2) is 75.1 Å². The molecule has 0 saturated heterocycles. The van der Waals surface area contributed by atoms with Gasteiger partial charge in [0.25, 0.3) is 0 Å². The van der Waals surface area contributed by atoms with Gasteiger partial charge in [-0.05, 0) is 57.0 Å². The molecule has 9 heteroatoms. The zero-order valence-corrected chi connectivity index (χ0v) is 23.1. The number of hydrogen-bond acceptors (Lipinski definition) is 6. The van der Waals surface area contributed by atoms with Crippen LogP contribution in [0.25, 0.3) is 0 Å². The molecule has 0 saturated carbocycles. The summed E-state index contributed by atoms with van der Waals surface area (Å²) in [6, 6.07) is 9.85. The summed E-state index contributed by atoms with van der Waals surface area (Å²) < 4.78 is 15.9. The maximum Gasteiger partial charge on any atom is 0.242 e. The second kappa shape index (κ2) is 13.7. The molecule has 0 radical (unpaired) electrons. The molecule has 0 spiro atoms. The van der Waals surface area contributed by atoms with E-state index in [0.717, 1.165) is 10.4 Å². The maximum atomic E-state index is 13.5. The summed E-state index contributed by atoms with van der Waals surface area (Å²) >= 11 is 7.71. The minimum atomic E-state index is -0.773. The molecule has 0 bridgehead atoms. The summed E-state index contributed by atoms with van der Waals surface area (Å²) in [5.41, 5.74) is 0.253. The fraction of sp³-hybridized carbons (Fsp3) is 0.538. The number of aryl methyl sites for hydroxylation is 1. The van der Waals surface area contributed by atoms with Gasteiger partial charge in [0.15, 0.2) is 11.5 Å². The van der Waals surface area contributed by atoms with Gasteiger partial charge in [0, 0.05) is 35.8 Å². The standard InChI is InChI=1S/C26H37ClN2O5S/c1-19-7-9-21(35-19)16-28(12-11-20-8-10-22(33-5)23(15-20)34-6)24(30)17-29(13-14-32-4)25(31)26(2,3)18-27/h7-10,15H,11-14,16-18H2,1-6H3. The molecule has 0 fully saturated rings. The van der Waals surface area contributed by atoms with Crippen LogP contribution in [0.3, 0.4) is 0 Å². The summed E-state index contributed by atoms with van der Waals surface area (Å²) in [6.45, 7) is 7.23. The molecular formula is C26H37ClN2O5S.